The number of thiophene rings is 1. The zero-order chi connectivity index (χ0) is 22.0. The van der Waals surface area contributed by atoms with Crippen LogP contribution in [0.1, 0.15) is 44.7 Å². The molecule has 0 saturated heterocycles. The molecule has 160 valence electrons. The molecule has 0 saturated carbocycles. The molecule has 1 aliphatic rings. The lowest BCUT2D eigenvalue weighted by atomic mass is 9.96. The van der Waals surface area contributed by atoms with Crippen molar-refractivity contribution in [2.24, 2.45) is 0 Å². The summed E-state index contributed by atoms with van der Waals surface area (Å²) in [5.74, 6) is -1.07. The maximum absolute atomic E-state index is 12.9. The van der Waals surface area contributed by atoms with E-state index in [1.807, 2.05) is 31.2 Å². The fourth-order valence-corrected chi connectivity index (χ4v) is 4.62. The molecule has 3 heterocycles. The minimum absolute atomic E-state index is 0.0352. The fourth-order valence-electron chi connectivity index (χ4n) is 3.66. The molecular formula is C23H22N2O5S. The van der Waals surface area contributed by atoms with Crippen molar-refractivity contribution in [1.29, 1.82) is 0 Å². The van der Waals surface area contributed by atoms with E-state index in [1.54, 1.807) is 30.0 Å². The van der Waals surface area contributed by atoms with E-state index in [2.05, 4.69) is 5.32 Å². The maximum Gasteiger partial charge on any atom is 0.349 e. The largest absolute Gasteiger partial charge is 0.459 e. The lowest BCUT2D eigenvalue weighted by Gasteiger charge is -2.35. The van der Waals surface area contributed by atoms with Gasteiger partial charge in [0.25, 0.3) is 11.8 Å². The van der Waals surface area contributed by atoms with Crippen molar-refractivity contribution in [2.75, 3.05) is 16.8 Å². The summed E-state index contributed by atoms with van der Waals surface area (Å²) in [4.78, 5) is 39.6. The highest BCUT2D eigenvalue weighted by Gasteiger charge is 2.29. The molecule has 8 heteroatoms. The Morgan fingerprint density at radius 1 is 1.23 bits per heavy atom. The first-order valence-corrected chi connectivity index (χ1v) is 10.8. The summed E-state index contributed by atoms with van der Waals surface area (Å²) >= 11 is 1.10. The predicted molar refractivity (Wildman–Crippen MR) is 118 cm³/mol. The quantitative estimate of drug-likeness (QED) is 0.596. The number of nitrogens with zero attached hydrogens (tertiary/aromatic N) is 1. The number of para-hydroxylation sites is 1. The Bertz CT molecular complexity index is 1120. The van der Waals surface area contributed by atoms with E-state index in [-0.39, 0.29) is 24.3 Å². The van der Waals surface area contributed by atoms with E-state index in [4.69, 9.17) is 9.15 Å². The van der Waals surface area contributed by atoms with Gasteiger partial charge in [0.15, 0.2) is 12.4 Å². The summed E-state index contributed by atoms with van der Waals surface area (Å²) in [5, 5.41) is 3.19. The van der Waals surface area contributed by atoms with Crippen molar-refractivity contribution in [2.45, 2.75) is 32.7 Å². The van der Waals surface area contributed by atoms with E-state index < -0.39 is 11.9 Å². The Balaban J connectivity index is 1.41. The van der Waals surface area contributed by atoms with Gasteiger partial charge < -0.3 is 19.4 Å². The Morgan fingerprint density at radius 3 is 2.81 bits per heavy atom. The molecule has 2 amide bonds. The highest BCUT2D eigenvalue weighted by Crippen LogP contribution is 2.31. The molecule has 1 aliphatic heterocycles. The van der Waals surface area contributed by atoms with Crippen LogP contribution < -0.4 is 10.2 Å². The molecule has 1 atom stereocenters. The molecule has 0 spiro atoms. The number of carbonyl (C=O) groups is 3. The zero-order valence-electron chi connectivity index (χ0n) is 17.2. The highest BCUT2D eigenvalue weighted by atomic mass is 32.1. The van der Waals surface area contributed by atoms with Gasteiger partial charge >= 0.3 is 5.97 Å². The normalized spacial score (nSPS) is 15.3. The second kappa shape index (κ2) is 8.77. The molecule has 2 aromatic heterocycles. The predicted octanol–water partition coefficient (Wildman–Crippen LogP) is 4.43. The summed E-state index contributed by atoms with van der Waals surface area (Å²) in [5.41, 5.74) is 2.65. The molecule has 1 unspecified atom stereocenters. The third-order valence-corrected chi connectivity index (χ3v) is 6.34. The number of nitrogens with one attached hydrogen (secondary N) is 1. The maximum atomic E-state index is 12.9. The summed E-state index contributed by atoms with van der Waals surface area (Å²) < 4.78 is 10.4. The number of hydrogen-bond donors (Lipinski definition) is 1. The third-order valence-electron chi connectivity index (χ3n) is 5.20. The molecule has 0 radical (unpaired) electrons. The minimum atomic E-state index is -0.590. The van der Waals surface area contributed by atoms with Gasteiger partial charge in [0, 0.05) is 11.7 Å². The van der Waals surface area contributed by atoms with Crippen LogP contribution in [0.3, 0.4) is 0 Å². The van der Waals surface area contributed by atoms with Crippen molar-refractivity contribution in [3.63, 3.8) is 0 Å². The van der Waals surface area contributed by atoms with Crippen LogP contribution in [-0.4, -0.2) is 30.4 Å². The second-order valence-electron chi connectivity index (χ2n) is 7.41. The molecule has 0 fully saturated rings. The smallest absolute Gasteiger partial charge is 0.349 e. The second-order valence-corrected chi connectivity index (χ2v) is 8.46. The molecule has 7 nitrogen and oxygen atoms in total. The number of benzene rings is 1. The van der Waals surface area contributed by atoms with Gasteiger partial charge in [-0.25, -0.2) is 4.79 Å². The number of esters is 1. The first-order valence-electron chi connectivity index (χ1n) is 9.96. The van der Waals surface area contributed by atoms with Crippen molar-refractivity contribution < 1.29 is 23.5 Å². The Kier molecular flexibility index (Phi) is 5.90. The molecule has 4 rings (SSSR count). The van der Waals surface area contributed by atoms with Gasteiger partial charge in [-0.05, 0) is 62.1 Å². The number of ether oxygens (including phenoxy) is 1. The van der Waals surface area contributed by atoms with Gasteiger partial charge in [0.05, 0.1) is 11.3 Å². The molecule has 1 aromatic carbocycles. The Hall–Kier alpha value is -3.39. The summed E-state index contributed by atoms with van der Waals surface area (Å²) in [6, 6.07) is 12.7. The topological polar surface area (TPSA) is 88.9 Å². The number of rotatable bonds is 5. The van der Waals surface area contributed by atoms with Crippen LogP contribution in [0, 0.1) is 6.92 Å². The molecule has 31 heavy (non-hydrogen) atoms. The Morgan fingerprint density at radius 2 is 2.03 bits per heavy atom. The molecule has 1 N–H and O–H groups in total. The average Bonchev–Trinajstić information content (AvgIpc) is 3.42. The lowest BCUT2D eigenvalue weighted by Crippen LogP contribution is -2.44. The summed E-state index contributed by atoms with van der Waals surface area (Å²) in [6.07, 6.45) is 3.19. The molecule has 0 aliphatic carbocycles. The standard InChI is InChI=1S/C23H22N2O5S/c1-14-12-19(24-22(27)18-8-5-11-29-18)31-21(14)23(28)30-13-20(26)25-15(2)9-10-16-6-3-4-7-17(16)25/h3-8,11-12,15H,9-10,13H2,1-2H3,(H,24,27). The van der Waals surface area contributed by atoms with E-state index in [0.717, 1.165) is 35.4 Å². The first kappa shape index (κ1) is 20.9. The van der Waals surface area contributed by atoms with Gasteiger partial charge in [-0.3, -0.25) is 9.59 Å². The van der Waals surface area contributed by atoms with Crippen molar-refractivity contribution in [3.8, 4) is 0 Å². The number of fused-ring (bicyclic) bond motifs is 1. The van der Waals surface area contributed by atoms with Crippen LogP contribution in [-0.2, 0) is 16.0 Å². The van der Waals surface area contributed by atoms with Crippen molar-refractivity contribution in [3.05, 3.63) is 70.5 Å². The van der Waals surface area contributed by atoms with Crippen LogP contribution in [0.15, 0.2) is 53.1 Å². The van der Waals surface area contributed by atoms with Crippen LogP contribution in [0.5, 0.6) is 0 Å². The number of aryl methyl sites for hydroxylation is 2. The Labute approximate surface area is 183 Å². The molecule has 0 bridgehead atoms. The number of amides is 2. The number of anilines is 2. The van der Waals surface area contributed by atoms with Gasteiger partial charge in [0.2, 0.25) is 0 Å². The fraction of sp³-hybridized carbons (Fsp3) is 0.261. The minimum Gasteiger partial charge on any atom is -0.459 e. The van der Waals surface area contributed by atoms with Crippen molar-refractivity contribution in [1.82, 2.24) is 0 Å². The van der Waals surface area contributed by atoms with Gasteiger partial charge in [-0.2, -0.15) is 0 Å². The van der Waals surface area contributed by atoms with Crippen molar-refractivity contribution >= 4 is 39.8 Å². The van der Waals surface area contributed by atoms with Crippen LogP contribution in [0.25, 0.3) is 0 Å². The van der Waals surface area contributed by atoms with Crippen LogP contribution >= 0.6 is 11.3 Å². The average molecular weight is 439 g/mol. The number of carbonyl (C=O) groups excluding carboxylic acids is 3. The van der Waals surface area contributed by atoms with E-state index in [1.165, 1.54) is 6.26 Å². The van der Waals surface area contributed by atoms with Gasteiger partial charge in [-0.15, -0.1) is 11.3 Å². The van der Waals surface area contributed by atoms with Gasteiger partial charge in [-0.1, -0.05) is 18.2 Å². The number of hydrogen-bond acceptors (Lipinski definition) is 6. The van der Waals surface area contributed by atoms with Crippen LogP contribution in [0.2, 0.25) is 0 Å². The summed E-state index contributed by atoms with van der Waals surface area (Å²) in [6.45, 7) is 3.40. The van der Waals surface area contributed by atoms with Gasteiger partial charge in [0.1, 0.15) is 4.88 Å². The molecular weight excluding hydrogens is 416 g/mol. The summed E-state index contributed by atoms with van der Waals surface area (Å²) in [7, 11) is 0. The van der Waals surface area contributed by atoms with E-state index in [9.17, 15) is 14.4 Å². The monoisotopic (exact) mass is 438 g/mol. The number of furan rings is 1. The zero-order valence-corrected chi connectivity index (χ0v) is 18.0. The SMILES string of the molecule is Cc1cc(NC(=O)c2ccco2)sc1C(=O)OCC(=O)N1c2ccccc2CCC1C. The molecule has 3 aromatic rings. The van der Waals surface area contributed by atoms with E-state index >= 15 is 0 Å². The van der Waals surface area contributed by atoms with E-state index in [0.29, 0.717) is 15.4 Å². The lowest BCUT2D eigenvalue weighted by molar-refractivity contribution is -0.122. The van der Waals surface area contributed by atoms with Crippen LogP contribution in [0.4, 0.5) is 10.7 Å². The first-order chi connectivity index (χ1) is 14.9. The highest BCUT2D eigenvalue weighted by molar-refractivity contribution is 7.18. The third kappa shape index (κ3) is 4.39.